The number of hydrogen-bond donors (Lipinski definition) is 0. The van der Waals surface area contributed by atoms with Crippen LogP contribution in [0.1, 0.15) is 11.1 Å². The van der Waals surface area contributed by atoms with E-state index in [2.05, 4.69) is 0 Å². The largest absolute Gasteiger partial charge is 0.274 e. The number of alkyl halides is 1. The molecule has 0 atom stereocenters. The summed E-state index contributed by atoms with van der Waals surface area (Å²) in [6.07, 6.45) is 2.45. The minimum atomic E-state index is 0.0712. The number of nitrogens with zero attached hydrogens (tertiary/aromatic N) is 1. The zero-order chi connectivity index (χ0) is 10.1. The molecular weight excluding hydrogens is 218 g/mol. The fourth-order valence-corrected chi connectivity index (χ4v) is 2.56. The van der Waals surface area contributed by atoms with Gasteiger partial charge >= 0.3 is 0 Å². The summed E-state index contributed by atoms with van der Waals surface area (Å²) in [5.41, 5.74) is 1.94. The summed E-state index contributed by atoms with van der Waals surface area (Å²) in [6, 6.07) is 2.04. The van der Waals surface area contributed by atoms with Crippen molar-refractivity contribution in [1.29, 1.82) is 0 Å². The van der Waals surface area contributed by atoms with Gasteiger partial charge in [0.25, 0.3) is 5.56 Å². The Bertz CT molecular complexity index is 514. The highest BCUT2D eigenvalue weighted by atomic mass is 35.5. The van der Waals surface area contributed by atoms with Gasteiger partial charge in [-0.1, -0.05) is 0 Å². The van der Waals surface area contributed by atoms with Crippen molar-refractivity contribution in [2.75, 3.05) is 5.88 Å². The maximum atomic E-state index is 11.9. The first-order chi connectivity index (χ1) is 6.74. The summed E-state index contributed by atoms with van der Waals surface area (Å²) < 4.78 is 1.68. The van der Waals surface area contributed by atoms with Crippen LogP contribution in [0.4, 0.5) is 0 Å². The van der Waals surface area contributed by atoms with E-state index in [-0.39, 0.29) is 5.56 Å². The molecule has 0 unspecified atom stereocenters. The zero-order valence-corrected chi connectivity index (χ0v) is 9.36. The van der Waals surface area contributed by atoms with Gasteiger partial charge in [-0.25, -0.2) is 0 Å². The Hall–Kier alpha value is -0.800. The van der Waals surface area contributed by atoms with E-state index >= 15 is 0 Å². The number of pyridine rings is 1. The molecule has 0 amide bonds. The highest BCUT2D eigenvalue weighted by Crippen LogP contribution is 2.13. The Morgan fingerprint density at radius 1 is 1.57 bits per heavy atom. The Morgan fingerprint density at radius 2 is 2.36 bits per heavy atom. The number of hydrogen-bond acceptors (Lipinski definition) is 2. The molecule has 0 radical (unpaired) electrons. The summed E-state index contributed by atoms with van der Waals surface area (Å²) in [5.74, 6) is 0.492. The highest BCUT2D eigenvalue weighted by molar-refractivity contribution is 7.15. The first-order valence-electron chi connectivity index (χ1n) is 4.38. The molecule has 0 spiro atoms. The van der Waals surface area contributed by atoms with Gasteiger partial charge in [0, 0.05) is 23.0 Å². The zero-order valence-electron chi connectivity index (χ0n) is 7.79. The Morgan fingerprint density at radius 3 is 3.07 bits per heavy atom. The number of aromatic nitrogens is 1. The first kappa shape index (κ1) is 9.74. The molecule has 0 bridgehead atoms. The summed E-state index contributed by atoms with van der Waals surface area (Å²) in [7, 11) is 0. The van der Waals surface area contributed by atoms with Crippen LogP contribution in [0.5, 0.6) is 0 Å². The maximum Gasteiger partial charge on any atom is 0.259 e. The fraction of sp³-hybridized carbons (Fsp3) is 0.300. The molecule has 0 aromatic carbocycles. The van der Waals surface area contributed by atoms with Gasteiger partial charge in [0.05, 0.1) is 0 Å². The minimum absolute atomic E-state index is 0.0712. The number of halogens is 1. The van der Waals surface area contributed by atoms with Crippen LogP contribution in [-0.2, 0) is 6.42 Å². The van der Waals surface area contributed by atoms with E-state index in [0.717, 1.165) is 16.0 Å². The summed E-state index contributed by atoms with van der Waals surface area (Å²) >= 11 is 7.23. The molecule has 2 aromatic rings. The molecule has 0 N–H and O–H groups in total. The topological polar surface area (TPSA) is 21.5 Å². The summed E-state index contributed by atoms with van der Waals surface area (Å²) in [4.78, 5) is 12.9. The lowest BCUT2D eigenvalue weighted by atomic mass is 10.1. The third-order valence-electron chi connectivity index (χ3n) is 2.27. The average molecular weight is 228 g/mol. The summed E-state index contributed by atoms with van der Waals surface area (Å²) in [5, 5.41) is 1.92. The third-order valence-corrected chi connectivity index (χ3v) is 3.28. The van der Waals surface area contributed by atoms with Crippen molar-refractivity contribution in [2.24, 2.45) is 0 Å². The quantitative estimate of drug-likeness (QED) is 0.723. The Balaban J connectivity index is 2.76. The van der Waals surface area contributed by atoms with Gasteiger partial charge in [0.1, 0.15) is 4.83 Å². The summed E-state index contributed by atoms with van der Waals surface area (Å²) in [6.45, 7) is 1.96. The number of aryl methyl sites for hydroxylation is 1. The van der Waals surface area contributed by atoms with Crippen LogP contribution >= 0.6 is 22.9 Å². The van der Waals surface area contributed by atoms with Crippen molar-refractivity contribution >= 4 is 27.8 Å². The molecule has 74 valence electrons. The molecular formula is C10H10ClNOS. The van der Waals surface area contributed by atoms with Crippen LogP contribution in [0.3, 0.4) is 0 Å². The van der Waals surface area contributed by atoms with E-state index in [9.17, 15) is 4.79 Å². The van der Waals surface area contributed by atoms with Gasteiger partial charge in [0.15, 0.2) is 0 Å². The van der Waals surface area contributed by atoms with Crippen LogP contribution in [0.25, 0.3) is 4.83 Å². The number of rotatable bonds is 2. The van der Waals surface area contributed by atoms with Gasteiger partial charge in [-0.3, -0.25) is 9.20 Å². The van der Waals surface area contributed by atoms with E-state index < -0.39 is 0 Å². The van der Waals surface area contributed by atoms with Crippen LogP contribution in [-0.4, -0.2) is 10.3 Å². The van der Waals surface area contributed by atoms with Crippen molar-refractivity contribution in [1.82, 2.24) is 4.40 Å². The molecule has 0 aliphatic carbocycles. The number of thiazole rings is 1. The molecule has 2 aromatic heterocycles. The number of fused-ring (bicyclic) bond motifs is 1. The molecule has 0 saturated carbocycles. The van der Waals surface area contributed by atoms with Crippen molar-refractivity contribution in [3.05, 3.63) is 39.1 Å². The lowest BCUT2D eigenvalue weighted by Crippen LogP contribution is -2.18. The van der Waals surface area contributed by atoms with Crippen molar-refractivity contribution < 1.29 is 0 Å². The normalized spacial score (nSPS) is 11.0. The Labute approximate surface area is 90.8 Å². The van der Waals surface area contributed by atoms with E-state index in [4.69, 9.17) is 11.6 Å². The van der Waals surface area contributed by atoms with Crippen molar-refractivity contribution in [2.45, 2.75) is 13.3 Å². The predicted octanol–water partition coefficient (Wildman–Crippen LogP) is 2.45. The molecule has 2 nitrogen and oxygen atoms in total. The molecule has 0 aliphatic heterocycles. The van der Waals surface area contributed by atoms with Gasteiger partial charge < -0.3 is 0 Å². The Kier molecular flexibility index (Phi) is 2.61. The minimum Gasteiger partial charge on any atom is -0.274 e. The lowest BCUT2D eigenvalue weighted by molar-refractivity contribution is 1.00. The molecule has 14 heavy (non-hydrogen) atoms. The van der Waals surface area contributed by atoms with Gasteiger partial charge in [-0.05, 0) is 25.0 Å². The van der Waals surface area contributed by atoms with Crippen molar-refractivity contribution in [3.63, 3.8) is 0 Å². The molecule has 0 aliphatic rings. The van der Waals surface area contributed by atoms with Crippen LogP contribution in [0, 0.1) is 6.92 Å². The molecule has 0 saturated heterocycles. The van der Waals surface area contributed by atoms with E-state index in [1.54, 1.807) is 21.9 Å². The molecule has 0 fully saturated rings. The second-order valence-electron chi connectivity index (χ2n) is 3.16. The first-order valence-corrected chi connectivity index (χ1v) is 5.80. The monoisotopic (exact) mass is 227 g/mol. The smallest absolute Gasteiger partial charge is 0.259 e. The van der Waals surface area contributed by atoms with E-state index in [1.807, 2.05) is 18.4 Å². The van der Waals surface area contributed by atoms with Crippen LogP contribution < -0.4 is 5.56 Å². The fourth-order valence-electron chi connectivity index (χ4n) is 1.55. The van der Waals surface area contributed by atoms with Gasteiger partial charge in [0.2, 0.25) is 0 Å². The van der Waals surface area contributed by atoms with Crippen LogP contribution in [0.15, 0.2) is 22.4 Å². The average Bonchev–Trinajstić information content (AvgIpc) is 2.60. The highest BCUT2D eigenvalue weighted by Gasteiger charge is 2.07. The second-order valence-corrected chi connectivity index (χ2v) is 4.47. The van der Waals surface area contributed by atoms with Gasteiger partial charge in [-0.15, -0.1) is 22.9 Å². The predicted molar refractivity (Wildman–Crippen MR) is 60.7 cm³/mol. The van der Waals surface area contributed by atoms with Crippen molar-refractivity contribution in [3.8, 4) is 0 Å². The lowest BCUT2D eigenvalue weighted by Gasteiger charge is -2.03. The van der Waals surface area contributed by atoms with E-state index in [1.165, 1.54) is 0 Å². The van der Waals surface area contributed by atoms with Gasteiger partial charge in [-0.2, -0.15) is 0 Å². The molecule has 2 rings (SSSR count). The molecule has 2 heterocycles. The SMILES string of the molecule is Cc1cc2sccn2c(=O)c1CCCl. The maximum absolute atomic E-state index is 11.9. The standard InChI is InChI=1S/C10H10ClNOS/c1-7-6-9-12(4-5-14-9)10(13)8(7)2-3-11/h4-6H,2-3H2,1H3. The van der Waals surface area contributed by atoms with Crippen LogP contribution in [0.2, 0.25) is 0 Å². The van der Waals surface area contributed by atoms with E-state index in [0.29, 0.717) is 12.3 Å². The third kappa shape index (κ3) is 1.47. The molecule has 4 heteroatoms. The second kappa shape index (κ2) is 3.75.